The highest BCUT2D eigenvalue weighted by Gasteiger charge is 2.19. The summed E-state index contributed by atoms with van der Waals surface area (Å²) in [4.78, 5) is 31.1. The Kier molecular flexibility index (Phi) is 5.16. The van der Waals surface area contributed by atoms with E-state index in [-0.39, 0.29) is 11.4 Å². The second-order valence-corrected chi connectivity index (χ2v) is 5.75. The van der Waals surface area contributed by atoms with Crippen LogP contribution < -0.4 is 10.1 Å². The molecule has 0 saturated heterocycles. The summed E-state index contributed by atoms with van der Waals surface area (Å²) in [5.41, 5.74) is 0.536. The van der Waals surface area contributed by atoms with Crippen molar-refractivity contribution < 1.29 is 24.5 Å². The van der Waals surface area contributed by atoms with Crippen LogP contribution >= 0.6 is 0 Å². The van der Waals surface area contributed by atoms with Crippen molar-refractivity contribution in [2.75, 3.05) is 6.54 Å². The lowest BCUT2D eigenvalue weighted by molar-refractivity contribution is -0.135. The number of ether oxygens (including phenoxy) is 1. The molecule has 2 heterocycles. The fourth-order valence-corrected chi connectivity index (χ4v) is 2.52. The van der Waals surface area contributed by atoms with Crippen LogP contribution in [0, 0.1) is 6.92 Å². The number of aryl methyl sites for hydroxylation is 1. The van der Waals surface area contributed by atoms with Crippen LogP contribution in [0.4, 0.5) is 0 Å². The highest BCUT2D eigenvalue weighted by Crippen LogP contribution is 2.30. The van der Waals surface area contributed by atoms with Gasteiger partial charge in [0.15, 0.2) is 11.4 Å². The first-order chi connectivity index (χ1) is 13.0. The molecule has 0 fully saturated rings. The number of rotatable bonds is 5. The summed E-state index contributed by atoms with van der Waals surface area (Å²) in [6.07, 6.45) is 10.2. The molecule has 1 amide bonds. The lowest BCUT2D eigenvalue weighted by Gasteiger charge is -2.11. The van der Waals surface area contributed by atoms with Crippen molar-refractivity contribution in [2.24, 2.45) is 0 Å². The third-order valence-electron chi connectivity index (χ3n) is 3.77. The Morgan fingerprint density at radius 2 is 2.07 bits per heavy atom. The van der Waals surface area contributed by atoms with Crippen molar-refractivity contribution in [3.63, 3.8) is 0 Å². The molecular formula is C19H17N3O5. The summed E-state index contributed by atoms with van der Waals surface area (Å²) in [7, 11) is 0. The van der Waals surface area contributed by atoms with Crippen molar-refractivity contribution in [3.05, 3.63) is 59.7 Å². The van der Waals surface area contributed by atoms with Gasteiger partial charge in [-0.2, -0.15) is 0 Å². The zero-order chi connectivity index (χ0) is 19.4. The highest BCUT2D eigenvalue weighted by atomic mass is 16.5. The monoisotopic (exact) mass is 367 g/mol. The van der Waals surface area contributed by atoms with Gasteiger partial charge in [-0.1, -0.05) is 18.2 Å². The number of pyridine rings is 2. The molecule has 0 radical (unpaired) electrons. The van der Waals surface area contributed by atoms with Crippen molar-refractivity contribution >= 4 is 22.8 Å². The number of hydrogen-bond acceptors (Lipinski definition) is 6. The van der Waals surface area contributed by atoms with Crippen molar-refractivity contribution in [2.45, 2.75) is 13.3 Å². The minimum absolute atomic E-state index is 0.253. The van der Waals surface area contributed by atoms with E-state index in [9.17, 15) is 14.7 Å². The Morgan fingerprint density at radius 3 is 2.85 bits per heavy atom. The lowest BCUT2D eigenvalue weighted by Crippen LogP contribution is -2.30. The van der Waals surface area contributed by atoms with Crippen LogP contribution in [0.25, 0.3) is 10.9 Å². The third kappa shape index (κ3) is 4.12. The summed E-state index contributed by atoms with van der Waals surface area (Å²) < 4.78 is 5.75. The molecule has 1 aliphatic carbocycles. The molecule has 1 aliphatic rings. The molecule has 0 spiro atoms. The molecule has 27 heavy (non-hydrogen) atoms. The maximum absolute atomic E-state index is 12.1. The van der Waals surface area contributed by atoms with Gasteiger partial charge < -0.3 is 20.3 Å². The first-order valence-electron chi connectivity index (χ1n) is 8.17. The van der Waals surface area contributed by atoms with E-state index >= 15 is 0 Å². The third-order valence-corrected chi connectivity index (χ3v) is 3.77. The van der Waals surface area contributed by atoms with Gasteiger partial charge in [0.25, 0.3) is 5.91 Å². The average molecular weight is 367 g/mol. The van der Waals surface area contributed by atoms with E-state index in [0.717, 1.165) is 6.42 Å². The van der Waals surface area contributed by atoms with Gasteiger partial charge in [0.2, 0.25) is 5.88 Å². The first-order valence-corrected chi connectivity index (χ1v) is 8.17. The van der Waals surface area contributed by atoms with E-state index in [1.54, 1.807) is 19.1 Å². The minimum atomic E-state index is -1.19. The quantitative estimate of drug-likeness (QED) is 0.741. The normalized spacial score (nSPS) is 13.1. The molecule has 0 aliphatic heterocycles. The number of aromatic nitrogens is 2. The Labute approximate surface area is 154 Å². The number of amides is 1. The molecule has 3 rings (SSSR count). The van der Waals surface area contributed by atoms with Gasteiger partial charge in [-0.3, -0.25) is 9.59 Å². The van der Waals surface area contributed by atoms with Crippen molar-refractivity contribution in [1.82, 2.24) is 15.3 Å². The van der Waals surface area contributed by atoms with Crippen molar-refractivity contribution in [3.8, 4) is 11.6 Å². The van der Waals surface area contributed by atoms with Crippen LogP contribution in [0.2, 0.25) is 0 Å². The number of carboxylic acid groups (broad SMARTS) is 1. The number of aromatic hydroxyl groups is 1. The van der Waals surface area contributed by atoms with Gasteiger partial charge in [-0.25, -0.2) is 9.97 Å². The number of nitrogens with one attached hydrogen (secondary N) is 1. The van der Waals surface area contributed by atoms with Gasteiger partial charge in [-0.05, 0) is 31.6 Å². The first kappa shape index (κ1) is 18.1. The maximum atomic E-state index is 12.1. The van der Waals surface area contributed by atoms with Crippen LogP contribution in [0.15, 0.2) is 48.3 Å². The summed E-state index contributed by atoms with van der Waals surface area (Å²) in [5.74, 6) is -1.36. The van der Waals surface area contributed by atoms with E-state index < -0.39 is 18.4 Å². The van der Waals surface area contributed by atoms with Gasteiger partial charge in [0, 0.05) is 11.5 Å². The zero-order valence-electron chi connectivity index (χ0n) is 14.5. The zero-order valence-corrected chi connectivity index (χ0v) is 14.5. The molecule has 2 aromatic rings. The second kappa shape index (κ2) is 7.69. The largest absolute Gasteiger partial charge is 0.505 e. The molecule has 2 aromatic heterocycles. The van der Waals surface area contributed by atoms with E-state index in [2.05, 4.69) is 15.3 Å². The Bertz CT molecular complexity index is 1010. The van der Waals surface area contributed by atoms with E-state index in [0.29, 0.717) is 28.2 Å². The summed E-state index contributed by atoms with van der Waals surface area (Å²) in [5, 5.41) is 21.5. The number of nitrogens with zero attached hydrogens (tertiary/aromatic N) is 2. The Balaban J connectivity index is 1.92. The van der Waals surface area contributed by atoms with Crippen LogP contribution in [0.3, 0.4) is 0 Å². The molecule has 0 bridgehead atoms. The fraction of sp³-hybridized carbons (Fsp3) is 0.158. The smallest absolute Gasteiger partial charge is 0.322 e. The average Bonchev–Trinajstić information content (AvgIpc) is 2.91. The van der Waals surface area contributed by atoms with Crippen molar-refractivity contribution in [1.29, 1.82) is 0 Å². The Hall–Kier alpha value is -3.68. The number of allylic oxidation sites excluding steroid dienone is 5. The summed E-state index contributed by atoms with van der Waals surface area (Å²) in [6.45, 7) is 1.07. The lowest BCUT2D eigenvalue weighted by atomic mass is 10.1. The van der Waals surface area contributed by atoms with E-state index in [4.69, 9.17) is 9.84 Å². The van der Waals surface area contributed by atoms with Crippen LogP contribution in [-0.2, 0) is 4.79 Å². The molecule has 0 unspecified atom stereocenters. The molecular weight excluding hydrogens is 350 g/mol. The molecule has 8 heteroatoms. The topological polar surface area (TPSA) is 122 Å². The summed E-state index contributed by atoms with van der Waals surface area (Å²) in [6, 6.07) is 3.16. The maximum Gasteiger partial charge on any atom is 0.322 e. The predicted octanol–water partition coefficient (Wildman–Crippen LogP) is 2.24. The SMILES string of the molecule is Cc1nc(C(=O)NCC(=O)O)c(O)c2ccc(OC3=CCC=CC=C3)nc12. The highest BCUT2D eigenvalue weighted by molar-refractivity contribution is 6.02. The standard InChI is InChI=1S/C19H17N3O5/c1-11-16-13(18(25)17(21-11)19(26)20-10-15(23)24)8-9-14(22-16)27-12-6-4-2-3-5-7-12/h2-4,6-9,25H,5,10H2,1H3,(H,20,26)(H,23,24). The van der Waals surface area contributed by atoms with Gasteiger partial charge >= 0.3 is 5.97 Å². The molecule has 3 N–H and O–H groups in total. The molecule has 8 nitrogen and oxygen atoms in total. The predicted molar refractivity (Wildman–Crippen MR) is 97.5 cm³/mol. The van der Waals surface area contributed by atoms with E-state index in [1.165, 1.54) is 0 Å². The Morgan fingerprint density at radius 1 is 1.26 bits per heavy atom. The summed E-state index contributed by atoms with van der Waals surface area (Å²) >= 11 is 0. The van der Waals surface area contributed by atoms with Crippen LogP contribution in [0.1, 0.15) is 22.6 Å². The molecule has 138 valence electrons. The fourth-order valence-electron chi connectivity index (χ4n) is 2.52. The van der Waals surface area contributed by atoms with Crippen LogP contribution in [0.5, 0.6) is 11.6 Å². The molecule has 0 aromatic carbocycles. The van der Waals surface area contributed by atoms with Gasteiger partial charge in [0.1, 0.15) is 12.3 Å². The molecule has 0 saturated carbocycles. The number of carbonyl (C=O) groups excluding carboxylic acids is 1. The number of aliphatic carboxylic acids is 1. The molecule has 0 atom stereocenters. The number of hydrogen-bond donors (Lipinski definition) is 3. The van der Waals surface area contributed by atoms with Gasteiger partial charge in [0.05, 0.1) is 11.2 Å². The number of carboxylic acids is 1. The van der Waals surface area contributed by atoms with Crippen LogP contribution in [-0.4, -0.2) is 38.6 Å². The van der Waals surface area contributed by atoms with Gasteiger partial charge in [-0.15, -0.1) is 0 Å². The number of fused-ring (bicyclic) bond motifs is 1. The number of carbonyl (C=O) groups is 2. The van der Waals surface area contributed by atoms with E-state index in [1.807, 2.05) is 30.4 Å². The second-order valence-electron chi connectivity index (χ2n) is 5.75. The minimum Gasteiger partial charge on any atom is -0.505 e.